The van der Waals surface area contributed by atoms with Crippen LogP contribution in [-0.4, -0.2) is 40.2 Å². The molecule has 0 spiro atoms. The number of rotatable bonds is 7. The number of halogens is 2. The number of aromatic nitrogens is 2. The molecule has 1 aromatic heterocycles. The van der Waals surface area contributed by atoms with Crippen molar-refractivity contribution in [2.24, 2.45) is 11.7 Å². The van der Waals surface area contributed by atoms with Crippen molar-refractivity contribution in [2.45, 2.75) is 39.2 Å². The minimum Gasteiger partial charge on any atom is -0.364 e. The SMILES string of the molecule is CCn1nc2cccc(CC3CCN(CCc4ccc(F)cc4)CC3)c2c1C(N)=O.Cl. The van der Waals surface area contributed by atoms with Crippen LogP contribution < -0.4 is 5.73 Å². The van der Waals surface area contributed by atoms with Gasteiger partial charge in [0.25, 0.3) is 5.91 Å². The van der Waals surface area contributed by atoms with Gasteiger partial charge in [0.05, 0.1) is 5.52 Å². The lowest BCUT2D eigenvalue weighted by atomic mass is 9.88. The molecule has 0 bridgehead atoms. The number of primary amides is 1. The number of carbonyl (C=O) groups excluding carboxylic acids is 1. The Labute approximate surface area is 188 Å². The highest BCUT2D eigenvalue weighted by Crippen LogP contribution is 2.28. The Morgan fingerprint density at radius 3 is 2.52 bits per heavy atom. The van der Waals surface area contributed by atoms with Crippen molar-refractivity contribution in [3.05, 3.63) is 65.1 Å². The molecule has 2 N–H and O–H groups in total. The summed E-state index contributed by atoms with van der Waals surface area (Å²) in [4.78, 5) is 14.6. The fourth-order valence-electron chi connectivity index (χ4n) is 4.57. The number of amides is 1. The smallest absolute Gasteiger partial charge is 0.267 e. The lowest BCUT2D eigenvalue weighted by molar-refractivity contribution is 0.0991. The van der Waals surface area contributed by atoms with Gasteiger partial charge in [-0.25, -0.2) is 4.39 Å². The van der Waals surface area contributed by atoms with E-state index >= 15 is 0 Å². The summed E-state index contributed by atoms with van der Waals surface area (Å²) in [6.45, 7) is 5.74. The number of benzene rings is 2. The number of carbonyl (C=O) groups is 1. The van der Waals surface area contributed by atoms with Gasteiger partial charge < -0.3 is 10.6 Å². The van der Waals surface area contributed by atoms with E-state index in [1.807, 2.05) is 31.2 Å². The third-order valence-corrected chi connectivity index (χ3v) is 6.23. The molecule has 0 unspecified atom stereocenters. The van der Waals surface area contributed by atoms with E-state index in [2.05, 4.69) is 16.1 Å². The molecular formula is C24H30ClFN4O. The normalized spacial score (nSPS) is 15.2. The van der Waals surface area contributed by atoms with Crippen molar-refractivity contribution in [1.29, 1.82) is 0 Å². The third-order valence-electron chi connectivity index (χ3n) is 6.23. The summed E-state index contributed by atoms with van der Waals surface area (Å²) in [5, 5.41) is 5.48. The van der Waals surface area contributed by atoms with Gasteiger partial charge in [-0.05, 0) is 80.9 Å². The van der Waals surface area contributed by atoms with Gasteiger partial charge in [0.15, 0.2) is 0 Å². The van der Waals surface area contributed by atoms with Crippen molar-refractivity contribution < 1.29 is 9.18 Å². The number of hydrogen-bond acceptors (Lipinski definition) is 3. The summed E-state index contributed by atoms with van der Waals surface area (Å²) in [6, 6.07) is 12.9. The van der Waals surface area contributed by atoms with E-state index < -0.39 is 5.91 Å². The van der Waals surface area contributed by atoms with Crippen molar-refractivity contribution in [2.75, 3.05) is 19.6 Å². The Morgan fingerprint density at radius 2 is 1.87 bits per heavy atom. The van der Waals surface area contributed by atoms with E-state index in [1.54, 1.807) is 4.68 Å². The van der Waals surface area contributed by atoms with Crippen LogP contribution in [0.1, 0.15) is 41.4 Å². The molecular weight excluding hydrogens is 415 g/mol. The fraction of sp³-hybridized carbons (Fsp3) is 0.417. The second-order valence-corrected chi connectivity index (χ2v) is 8.21. The van der Waals surface area contributed by atoms with Crippen molar-refractivity contribution in [3.8, 4) is 0 Å². The van der Waals surface area contributed by atoms with Crippen LogP contribution >= 0.6 is 12.4 Å². The van der Waals surface area contributed by atoms with Crippen LogP contribution in [0.25, 0.3) is 10.9 Å². The average molecular weight is 445 g/mol. The summed E-state index contributed by atoms with van der Waals surface area (Å²) in [5.74, 6) is -0.00987. The molecule has 2 aromatic carbocycles. The predicted octanol–water partition coefficient (Wildman–Crippen LogP) is 4.21. The maximum Gasteiger partial charge on any atom is 0.267 e. The Hall–Kier alpha value is -2.44. The molecule has 1 saturated heterocycles. The Morgan fingerprint density at radius 1 is 1.16 bits per heavy atom. The molecule has 2 heterocycles. The standard InChI is InChI=1S/C24H29FN4O.ClH/c1-2-29-23(24(26)30)22-19(4-3-5-21(22)27-29)16-18-11-14-28(15-12-18)13-10-17-6-8-20(25)9-7-17;/h3-9,18H,2,10-16H2,1H3,(H2,26,30);1H. The first kappa shape index (κ1) is 23.2. The van der Waals surface area contributed by atoms with Gasteiger partial charge in [-0.3, -0.25) is 9.48 Å². The summed E-state index contributed by atoms with van der Waals surface area (Å²) in [7, 11) is 0. The van der Waals surface area contributed by atoms with Crippen LogP contribution in [0.15, 0.2) is 42.5 Å². The molecule has 0 saturated carbocycles. The maximum absolute atomic E-state index is 13.1. The molecule has 0 atom stereocenters. The highest BCUT2D eigenvalue weighted by molar-refractivity contribution is 6.05. The van der Waals surface area contributed by atoms with Crippen molar-refractivity contribution in [3.63, 3.8) is 0 Å². The van der Waals surface area contributed by atoms with E-state index in [0.717, 1.165) is 56.2 Å². The minimum atomic E-state index is -0.414. The zero-order valence-electron chi connectivity index (χ0n) is 17.9. The molecule has 1 fully saturated rings. The molecule has 1 aliphatic rings. The van der Waals surface area contributed by atoms with E-state index in [1.165, 1.54) is 23.3 Å². The van der Waals surface area contributed by atoms with Crippen molar-refractivity contribution in [1.82, 2.24) is 14.7 Å². The molecule has 31 heavy (non-hydrogen) atoms. The monoisotopic (exact) mass is 444 g/mol. The topological polar surface area (TPSA) is 64.2 Å². The minimum absolute atomic E-state index is 0. The number of fused-ring (bicyclic) bond motifs is 1. The molecule has 0 radical (unpaired) electrons. The van der Waals surface area contributed by atoms with Gasteiger partial charge in [-0.2, -0.15) is 5.10 Å². The predicted molar refractivity (Wildman–Crippen MR) is 124 cm³/mol. The lowest BCUT2D eigenvalue weighted by Crippen LogP contribution is -2.35. The number of aryl methyl sites for hydroxylation is 1. The molecule has 166 valence electrons. The zero-order valence-corrected chi connectivity index (χ0v) is 18.7. The first-order chi connectivity index (χ1) is 14.5. The van der Waals surface area contributed by atoms with Gasteiger partial charge in [-0.1, -0.05) is 24.3 Å². The van der Waals surface area contributed by atoms with Gasteiger partial charge in [-0.15, -0.1) is 12.4 Å². The third kappa shape index (κ3) is 5.25. The van der Waals surface area contributed by atoms with Gasteiger partial charge >= 0.3 is 0 Å². The highest BCUT2D eigenvalue weighted by Gasteiger charge is 2.23. The number of nitrogens with zero attached hydrogens (tertiary/aromatic N) is 3. The summed E-state index contributed by atoms with van der Waals surface area (Å²) >= 11 is 0. The zero-order chi connectivity index (χ0) is 21.1. The first-order valence-electron chi connectivity index (χ1n) is 10.8. The second kappa shape index (κ2) is 10.2. The Balaban J connectivity index is 0.00000272. The van der Waals surface area contributed by atoms with E-state index in [4.69, 9.17) is 5.73 Å². The summed E-state index contributed by atoms with van der Waals surface area (Å²) in [6.07, 6.45) is 4.16. The molecule has 0 aliphatic carbocycles. The number of likely N-dealkylation sites (tertiary alicyclic amines) is 1. The molecule has 7 heteroatoms. The number of nitrogens with two attached hydrogens (primary N) is 1. The molecule has 3 aromatic rings. The van der Waals surface area contributed by atoms with Crippen LogP contribution in [-0.2, 0) is 19.4 Å². The van der Waals surface area contributed by atoms with Crippen LogP contribution in [0, 0.1) is 11.7 Å². The lowest BCUT2D eigenvalue weighted by Gasteiger charge is -2.32. The molecule has 1 aliphatic heterocycles. The Kier molecular flexibility index (Phi) is 7.68. The van der Waals surface area contributed by atoms with Gasteiger partial charge in [0.2, 0.25) is 0 Å². The molecule has 1 amide bonds. The summed E-state index contributed by atoms with van der Waals surface area (Å²) in [5.41, 5.74) is 9.41. The van der Waals surface area contributed by atoms with Crippen LogP contribution in [0.4, 0.5) is 4.39 Å². The van der Waals surface area contributed by atoms with Crippen LogP contribution in [0.5, 0.6) is 0 Å². The molecule has 5 nitrogen and oxygen atoms in total. The molecule has 4 rings (SSSR count). The number of piperidine rings is 1. The van der Waals surface area contributed by atoms with Gasteiger partial charge in [0.1, 0.15) is 11.5 Å². The maximum atomic E-state index is 13.1. The first-order valence-corrected chi connectivity index (χ1v) is 10.8. The average Bonchev–Trinajstić information content (AvgIpc) is 3.14. The van der Waals surface area contributed by atoms with Crippen LogP contribution in [0.3, 0.4) is 0 Å². The van der Waals surface area contributed by atoms with Crippen molar-refractivity contribution >= 4 is 29.2 Å². The second-order valence-electron chi connectivity index (χ2n) is 8.21. The number of hydrogen-bond donors (Lipinski definition) is 1. The summed E-state index contributed by atoms with van der Waals surface area (Å²) < 4.78 is 14.8. The Bertz CT molecular complexity index is 1030. The van der Waals surface area contributed by atoms with E-state index in [0.29, 0.717) is 18.2 Å². The van der Waals surface area contributed by atoms with Crippen LogP contribution in [0.2, 0.25) is 0 Å². The van der Waals surface area contributed by atoms with Gasteiger partial charge in [0, 0.05) is 18.5 Å². The largest absolute Gasteiger partial charge is 0.364 e. The quantitative estimate of drug-likeness (QED) is 0.593. The highest BCUT2D eigenvalue weighted by atomic mass is 35.5. The fourth-order valence-corrected chi connectivity index (χ4v) is 4.57. The van der Waals surface area contributed by atoms with E-state index in [9.17, 15) is 9.18 Å². The van der Waals surface area contributed by atoms with E-state index in [-0.39, 0.29) is 18.2 Å².